The van der Waals surface area contributed by atoms with Crippen molar-refractivity contribution >= 4 is 17.3 Å². The summed E-state index contributed by atoms with van der Waals surface area (Å²) in [7, 11) is 0. The molecule has 0 aromatic heterocycles. The molecule has 8 heteroatoms. The van der Waals surface area contributed by atoms with Crippen LogP contribution >= 0.6 is 0 Å². The van der Waals surface area contributed by atoms with Crippen LogP contribution in [0.25, 0.3) is 0 Å². The maximum Gasteiger partial charge on any atom is 0.271 e. The van der Waals surface area contributed by atoms with Crippen molar-refractivity contribution in [3.8, 4) is 0 Å². The smallest absolute Gasteiger partial charge is 0.271 e. The molecule has 0 spiro atoms. The third kappa shape index (κ3) is 4.79. The fourth-order valence-corrected chi connectivity index (χ4v) is 3.19. The summed E-state index contributed by atoms with van der Waals surface area (Å²) < 4.78 is 5.45. The number of non-ortho nitro benzene ring substituents is 1. The van der Waals surface area contributed by atoms with E-state index in [1.54, 1.807) is 0 Å². The van der Waals surface area contributed by atoms with Gasteiger partial charge in [0, 0.05) is 30.8 Å². The van der Waals surface area contributed by atoms with Gasteiger partial charge in [0.25, 0.3) is 11.6 Å². The van der Waals surface area contributed by atoms with Crippen LogP contribution in [0.15, 0.2) is 59.7 Å². The summed E-state index contributed by atoms with van der Waals surface area (Å²) in [6, 6.07) is 15.3. The second-order valence-electron chi connectivity index (χ2n) is 6.46. The maximum absolute atomic E-state index is 12.3. The third-order valence-electron chi connectivity index (χ3n) is 4.60. The van der Waals surface area contributed by atoms with Gasteiger partial charge in [-0.25, -0.2) is 5.43 Å². The van der Waals surface area contributed by atoms with Gasteiger partial charge < -0.3 is 4.74 Å². The minimum Gasteiger partial charge on any atom is -0.379 e. The Morgan fingerprint density at radius 3 is 2.39 bits per heavy atom. The van der Waals surface area contributed by atoms with E-state index in [0.717, 1.165) is 24.4 Å². The van der Waals surface area contributed by atoms with Gasteiger partial charge in [-0.05, 0) is 24.6 Å². The third-order valence-corrected chi connectivity index (χ3v) is 4.60. The van der Waals surface area contributed by atoms with E-state index in [2.05, 4.69) is 15.4 Å². The topological polar surface area (TPSA) is 97.1 Å². The van der Waals surface area contributed by atoms with E-state index in [4.69, 9.17) is 4.74 Å². The Morgan fingerprint density at radius 2 is 1.79 bits per heavy atom. The highest BCUT2D eigenvalue weighted by atomic mass is 16.6. The lowest BCUT2D eigenvalue weighted by Crippen LogP contribution is -2.42. The first-order valence-corrected chi connectivity index (χ1v) is 9.02. The number of nitrogens with zero attached hydrogens (tertiary/aromatic N) is 3. The molecule has 1 aliphatic rings. The molecule has 146 valence electrons. The summed E-state index contributed by atoms with van der Waals surface area (Å²) in [6.45, 7) is 4.76. The molecular weight excluding hydrogens is 360 g/mol. The summed E-state index contributed by atoms with van der Waals surface area (Å²) in [4.78, 5) is 24.8. The molecule has 1 N–H and O–H groups in total. The molecule has 1 heterocycles. The largest absolute Gasteiger partial charge is 0.379 e. The standard InChI is InChI=1S/C20H22N4O4/c1-15(21-22-20(25)17-7-9-18(10-8-17)24(26)27)19(16-5-3-2-4-6-16)23-11-13-28-14-12-23/h2-10,19H,11-14H2,1H3,(H,22,25)/b21-15-/t19-/m1/s1. The zero-order chi connectivity index (χ0) is 19.9. The summed E-state index contributed by atoms with van der Waals surface area (Å²) in [5.74, 6) is -0.414. The number of carbonyl (C=O) groups excluding carboxylic acids is 1. The molecule has 8 nitrogen and oxygen atoms in total. The number of nitrogens with one attached hydrogen (secondary N) is 1. The highest BCUT2D eigenvalue weighted by Crippen LogP contribution is 2.23. The number of carbonyl (C=O) groups is 1. The molecule has 0 unspecified atom stereocenters. The van der Waals surface area contributed by atoms with Crippen molar-refractivity contribution in [2.75, 3.05) is 26.3 Å². The van der Waals surface area contributed by atoms with Crippen LogP contribution in [0.3, 0.4) is 0 Å². The lowest BCUT2D eigenvalue weighted by atomic mass is 10.0. The van der Waals surface area contributed by atoms with Crippen LogP contribution in [-0.2, 0) is 4.74 Å². The normalized spacial score (nSPS) is 16.4. The summed E-state index contributed by atoms with van der Waals surface area (Å²) >= 11 is 0. The van der Waals surface area contributed by atoms with Gasteiger partial charge in [0.2, 0.25) is 0 Å². The molecule has 0 aliphatic carbocycles. The average Bonchev–Trinajstić information content (AvgIpc) is 2.74. The molecule has 1 atom stereocenters. The number of ether oxygens (including phenoxy) is 1. The van der Waals surface area contributed by atoms with E-state index in [-0.39, 0.29) is 11.7 Å². The van der Waals surface area contributed by atoms with Crippen LogP contribution < -0.4 is 5.43 Å². The summed E-state index contributed by atoms with van der Waals surface area (Å²) in [5, 5.41) is 15.0. The van der Waals surface area contributed by atoms with Crippen molar-refractivity contribution < 1.29 is 14.5 Å². The molecule has 1 saturated heterocycles. The predicted molar refractivity (Wildman–Crippen MR) is 105 cm³/mol. The van der Waals surface area contributed by atoms with Crippen LogP contribution in [0.1, 0.15) is 28.9 Å². The van der Waals surface area contributed by atoms with E-state index >= 15 is 0 Å². The van der Waals surface area contributed by atoms with Gasteiger partial charge in [-0.3, -0.25) is 19.8 Å². The van der Waals surface area contributed by atoms with E-state index < -0.39 is 10.8 Å². The van der Waals surface area contributed by atoms with E-state index in [1.807, 2.05) is 37.3 Å². The van der Waals surface area contributed by atoms with Crippen molar-refractivity contribution in [2.45, 2.75) is 13.0 Å². The molecule has 0 bridgehead atoms. The Balaban J connectivity index is 1.76. The van der Waals surface area contributed by atoms with Gasteiger partial charge in [0.15, 0.2) is 0 Å². The minimum absolute atomic E-state index is 0.0623. The highest BCUT2D eigenvalue weighted by molar-refractivity contribution is 5.96. The zero-order valence-electron chi connectivity index (χ0n) is 15.6. The number of rotatable bonds is 6. The van der Waals surface area contributed by atoms with Crippen molar-refractivity contribution in [1.29, 1.82) is 0 Å². The molecular formula is C20H22N4O4. The lowest BCUT2D eigenvalue weighted by Gasteiger charge is -2.34. The Hall–Kier alpha value is -3.10. The zero-order valence-corrected chi connectivity index (χ0v) is 15.6. The van der Waals surface area contributed by atoms with Gasteiger partial charge in [-0.1, -0.05) is 30.3 Å². The number of nitro benzene ring substituents is 1. The number of morpholine rings is 1. The van der Waals surface area contributed by atoms with Crippen LogP contribution in [0.2, 0.25) is 0 Å². The van der Waals surface area contributed by atoms with E-state index in [9.17, 15) is 14.9 Å². The second-order valence-corrected chi connectivity index (χ2v) is 6.46. The van der Waals surface area contributed by atoms with E-state index in [1.165, 1.54) is 24.3 Å². The molecule has 1 aliphatic heterocycles. The van der Waals surface area contributed by atoms with Gasteiger partial charge in [0.05, 0.1) is 29.9 Å². The van der Waals surface area contributed by atoms with Crippen LogP contribution in [0.4, 0.5) is 5.69 Å². The molecule has 0 radical (unpaired) electrons. The van der Waals surface area contributed by atoms with Crippen molar-refractivity contribution in [2.24, 2.45) is 5.10 Å². The number of hydrogen-bond acceptors (Lipinski definition) is 6. The fraction of sp³-hybridized carbons (Fsp3) is 0.300. The number of amides is 1. The van der Waals surface area contributed by atoms with Gasteiger partial charge in [-0.2, -0.15) is 5.10 Å². The molecule has 28 heavy (non-hydrogen) atoms. The summed E-state index contributed by atoms with van der Waals surface area (Å²) in [5.41, 5.74) is 4.65. The molecule has 1 amide bonds. The monoisotopic (exact) mass is 382 g/mol. The molecule has 2 aromatic carbocycles. The van der Waals surface area contributed by atoms with Crippen LogP contribution in [-0.4, -0.2) is 47.7 Å². The average molecular weight is 382 g/mol. The predicted octanol–water partition coefficient (Wildman–Crippen LogP) is 2.77. The number of hydrazone groups is 1. The minimum atomic E-state index is -0.503. The van der Waals surface area contributed by atoms with Crippen molar-refractivity contribution in [3.05, 3.63) is 75.8 Å². The number of nitro groups is 1. The first-order valence-electron chi connectivity index (χ1n) is 9.02. The van der Waals surface area contributed by atoms with Gasteiger partial charge in [-0.15, -0.1) is 0 Å². The summed E-state index contributed by atoms with van der Waals surface area (Å²) in [6.07, 6.45) is 0. The Kier molecular flexibility index (Phi) is 6.46. The van der Waals surface area contributed by atoms with Gasteiger partial charge >= 0.3 is 0 Å². The Bertz CT molecular complexity index is 846. The number of hydrogen-bond donors (Lipinski definition) is 1. The Morgan fingerprint density at radius 1 is 1.14 bits per heavy atom. The van der Waals surface area contributed by atoms with E-state index in [0.29, 0.717) is 18.8 Å². The molecule has 1 fully saturated rings. The first-order chi connectivity index (χ1) is 13.6. The van der Waals surface area contributed by atoms with Crippen LogP contribution in [0.5, 0.6) is 0 Å². The second kappa shape index (κ2) is 9.20. The molecule has 0 saturated carbocycles. The fourth-order valence-electron chi connectivity index (χ4n) is 3.19. The Labute approximate surface area is 163 Å². The van der Waals surface area contributed by atoms with Gasteiger partial charge in [0.1, 0.15) is 0 Å². The quantitative estimate of drug-likeness (QED) is 0.471. The SMILES string of the molecule is C/C(=N/NC(=O)c1ccc([N+](=O)[O-])cc1)[C@H](c1ccccc1)N1CCOCC1. The molecule has 2 aromatic rings. The highest BCUT2D eigenvalue weighted by Gasteiger charge is 2.25. The maximum atomic E-state index is 12.3. The van der Waals surface area contributed by atoms with Crippen LogP contribution in [0, 0.1) is 10.1 Å². The van der Waals surface area contributed by atoms with Crippen molar-refractivity contribution in [3.63, 3.8) is 0 Å². The molecule has 3 rings (SSSR count). The number of benzene rings is 2. The first kappa shape index (κ1) is 19.7. The lowest BCUT2D eigenvalue weighted by molar-refractivity contribution is -0.384. The van der Waals surface area contributed by atoms with Crippen molar-refractivity contribution in [1.82, 2.24) is 10.3 Å².